The molecular weight excluding hydrogens is 264 g/mol. The van der Waals surface area contributed by atoms with E-state index in [1.54, 1.807) is 0 Å². The van der Waals surface area contributed by atoms with Crippen LogP contribution in [0, 0.1) is 6.92 Å². The zero-order chi connectivity index (χ0) is 15.2. The number of piperazine rings is 1. The standard InChI is InChI=1S/C17H24N2O2/c1-4-8-18-9-11-19(12-10-18)17(20)15(3)21-16-7-5-6-14(2)13-16/h4-7,13,15H,1,8-12H2,2-3H3/t15-/m1/s1. The fourth-order valence-electron chi connectivity index (χ4n) is 2.53. The maximum absolute atomic E-state index is 12.4. The zero-order valence-corrected chi connectivity index (χ0v) is 12.9. The first-order chi connectivity index (χ1) is 10.1. The number of ether oxygens (including phenoxy) is 1. The molecule has 0 saturated carbocycles. The SMILES string of the molecule is C=CCN1CCN(C(=O)[C@@H](C)Oc2cccc(C)c2)CC1. The average Bonchev–Trinajstić information content (AvgIpc) is 2.47. The minimum Gasteiger partial charge on any atom is -0.481 e. The van der Waals surface area contributed by atoms with Gasteiger partial charge in [-0.1, -0.05) is 18.2 Å². The van der Waals surface area contributed by atoms with Gasteiger partial charge in [-0.25, -0.2) is 0 Å². The number of nitrogens with zero attached hydrogens (tertiary/aromatic N) is 2. The summed E-state index contributed by atoms with van der Waals surface area (Å²) < 4.78 is 5.76. The highest BCUT2D eigenvalue weighted by Crippen LogP contribution is 2.15. The van der Waals surface area contributed by atoms with Crippen LogP contribution in [0.15, 0.2) is 36.9 Å². The molecule has 114 valence electrons. The van der Waals surface area contributed by atoms with Crippen LogP contribution in [0.3, 0.4) is 0 Å². The minimum absolute atomic E-state index is 0.0646. The maximum atomic E-state index is 12.4. The maximum Gasteiger partial charge on any atom is 0.263 e. The first kappa shape index (κ1) is 15.6. The molecular formula is C17H24N2O2. The van der Waals surface area contributed by atoms with E-state index in [0.717, 1.165) is 44.0 Å². The Kier molecular flexibility index (Phi) is 5.39. The Hall–Kier alpha value is -1.81. The van der Waals surface area contributed by atoms with E-state index in [1.165, 1.54) is 0 Å². The lowest BCUT2D eigenvalue weighted by Crippen LogP contribution is -2.51. The number of amides is 1. The van der Waals surface area contributed by atoms with Gasteiger partial charge in [0.2, 0.25) is 0 Å². The van der Waals surface area contributed by atoms with Crippen LogP contribution in [0.4, 0.5) is 0 Å². The summed E-state index contributed by atoms with van der Waals surface area (Å²) in [5, 5.41) is 0. The molecule has 21 heavy (non-hydrogen) atoms. The van der Waals surface area contributed by atoms with Crippen LogP contribution >= 0.6 is 0 Å². The lowest BCUT2D eigenvalue weighted by atomic mass is 10.2. The van der Waals surface area contributed by atoms with Crippen molar-refractivity contribution in [3.63, 3.8) is 0 Å². The van der Waals surface area contributed by atoms with E-state index in [-0.39, 0.29) is 5.91 Å². The molecule has 0 radical (unpaired) electrons. The second-order valence-electron chi connectivity index (χ2n) is 5.49. The fraction of sp³-hybridized carbons (Fsp3) is 0.471. The third-order valence-electron chi connectivity index (χ3n) is 3.72. The van der Waals surface area contributed by atoms with Gasteiger partial charge >= 0.3 is 0 Å². The topological polar surface area (TPSA) is 32.8 Å². The Bertz CT molecular complexity index is 493. The monoisotopic (exact) mass is 288 g/mol. The van der Waals surface area contributed by atoms with Gasteiger partial charge in [-0.2, -0.15) is 0 Å². The summed E-state index contributed by atoms with van der Waals surface area (Å²) in [7, 11) is 0. The highest BCUT2D eigenvalue weighted by Gasteiger charge is 2.25. The second-order valence-corrected chi connectivity index (χ2v) is 5.49. The molecule has 0 aliphatic carbocycles. The number of benzene rings is 1. The molecule has 4 heteroatoms. The van der Waals surface area contributed by atoms with Crippen LogP contribution in [0.2, 0.25) is 0 Å². The smallest absolute Gasteiger partial charge is 0.263 e. The number of aryl methyl sites for hydroxylation is 1. The third kappa shape index (κ3) is 4.33. The quantitative estimate of drug-likeness (QED) is 0.778. The summed E-state index contributed by atoms with van der Waals surface area (Å²) in [6.45, 7) is 11.8. The van der Waals surface area contributed by atoms with Crippen LogP contribution in [0.25, 0.3) is 0 Å². The molecule has 0 bridgehead atoms. The highest BCUT2D eigenvalue weighted by atomic mass is 16.5. The lowest BCUT2D eigenvalue weighted by Gasteiger charge is -2.35. The van der Waals surface area contributed by atoms with Crippen molar-refractivity contribution in [2.24, 2.45) is 0 Å². The van der Waals surface area contributed by atoms with Gasteiger partial charge in [-0.3, -0.25) is 9.69 Å². The number of rotatable bonds is 5. The molecule has 2 rings (SSSR count). The van der Waals surface area contributed by atoms with Gasteiger partial charge in [0, 0.05) is 32.7 Å². The predicted molar refractivity (Wildman–Crippen MR) is 84.5 cm³/mol. The van der Waals surface area contributed by atoms with Crippen LogP contribution < -0.4 is 4.74 Å². The minimum atomic E-state index is -0.447. The molecule has 0 aromatic heterocycles. The molecule has 1 amide bonds. The molecule has 1 aromatic carbocycles. The number of hydrogen-bond acceptors (Lipinski definition) is 3. The summed E-state index contributed by atoms with van der Waals surface area (Å²) in [6.07, 6.45) is 1.46. The van der Waals surface area contributed by atoms with Gasteiger partial charge in [0.25, 0.3) is 5.91 Å². The molecule has 1 saturated heterocycles. The molecule has 1 aliphatic heterocycles. The molecule has 0 spiro atoms. The van der Waals surface area contributed by atoms with Crippen molar-refractivity contribution >= 4 is 5.91 Å². The van der Waals surface area contributed by atoms with E-state index in [4.69, 9.17) is 4.74 Å². The van der Waals surface area contributed by atoms with Crippen LogP contribution in [0.5, 0.6) is 5.75 Å². The van der Waals surface area contributed by atoms with Crippen molar-refractivity contribution in [2.75, 3.05) is 32.7 Å². The summed E-state index contributed by atoms with van der Waals surface area (Å²) >= 11 is 0. The number of hydrogen-bond donors (Lipinski definition) is 0. The Labute approximate surface area is 127 Å². The van der Waals surface area contributed by atoms with Gasteiger partial charge in [-0.05, 0) is 31.5 Å². The Morgan fingerprint density at radius 2 is 2.10 bits per heavy atom. The highest BCUT2D eigenvalue weighted by molar-refractivity contribution is 5.81. The molecule has 4 nitrogen and oxygen atoms in total. The Balaban J connectivity index is 1.87. The zero-order valence-electron chi connectivity index (χ0n) is 12.9. The van der Waals surface area contributed by atoms with Crippen molar-refractivity contribution in [3.05, 3.63) is 42.5 Å². The summed E-state index contributed by atoms with van der Waals surface area (Å²) in [6, 6.07) is 7.79. The van der Waals surface area contributed by atoms with Crippen molar-refractivity contribution in [1.82, 2.24) is 9.80 Å². The largest absolute Gasteiger partial charge is 0.481 e. The van der Waals surface area contributed by atoms with Gasteiger partial charge in [0.1, 0.15) is 5.75 Å². The van der Waals surface area contributed by atoms with Crippen molar-refractivity contribution in [2.45, 2.75) is 20.0 Å². The van der Waals surface area contributed by atoms with Crippen LogP contribution in [0.1, 0.15) is 12.5 Å². The first-order valence-electron chi connectivity index (χ1n) is 7.45. The van der Waals surface area contributed by atoms with Crippen molar-refractivity contribution in [1.29, 1.82) is 0 Å². The Morgan fingerprint density at radius 3 is 2.71 bits per heavy atom. The molecule has 1 aromatic rings. The molecule has 1 fully saturated rings. The summed E-state index contributed by atoms with van der Waals surface area (Å²) in [5.74, 6) is 0.816. The average molecular weight is 288 g/mol. The molecule has 1 heterocycles. The fourth-order valence-corrected chi connectivity index (χ4v) is 2.53. The molecule has 1 atom stereocenters. The first-order valence-corrected chi connectivity index (χ1v) is 7.45. The van der Waals surface area contributed by atoms with E-state index in [1.807, 2.05) is 49.1 Å². The van der Waals surface area contributed by atoms with E-state index in [2.05, 4.69) is 11.5 Å². The molecule has 1 aliphatic rings. The molecule has 0 unspecified atom stereocenters. The van der Waals surface area contributed by atoms with Crippen molar-refractivity contribution < 1.29 is 9.53 Å². The van der Waals surface area contributed by atoms with Gasteiger partial charge in [-0.15, -0.1) is 6.58 Å². The second kappa shape index (κ2) is 7.27. The summed E-state index contributed by atoms with van der Waals surface area (Å²) in [4.78, 5) is 16.6. The van der Waals surface area contributed by atoms with E-state index < -0.39 is 6.10 Å². The predicted octanol–water partition coefficient (Wildman–Crippen LogP) is 2.09. The normalized spacial score (nSPS) is 17.3. The van der Waals surface area contributed by atoms with E-state index >= 15 is 0 Å². The van der Waals surface area contributed by atoms with Crippen LogP contribution in [-0.2, 0) is 4.79 Å². The van der Waals surface area contributed by atoms with Crippen molar-refractivity contribution in [3.8, 4) is 5.75 Å². The molecule has 0 N–H and O–H groups in total. The third-order valence-corrected chi connectivity index (χ3v) is 3.72. The number of carbonyl (C=O) groups excluding carboxylic acids is 1. The van der Waals surface area contributed by atoms with Gasteiger partial charge in [0.15, 0.2) is 6.10 Å². The van der Waals surface area contributed by atoms with Gasteiger partial charge < -0.3 is 9.64 Å². The van der Waals surface area contributed by atoms with Crippen LogP contribution in [-0.4, -0.2) is 54.5 Å². The summed E-state index contributed by atoms with van der Waals surface area (Å²) in [5.41, 5.74) is 1.13. The Morgan fingerprint density at radius 1 is 1.38 bits per heavy atom. The van der Waals surface area contributed by atoms with E-state index in [0.29, 0.717) is 0 Å². The number of carbonyl (C=O) groups is 1. The van der Waals surface area contributed by atoms with E-state index in [9.17, 15) is 4.79 Å². The lowest BCUT2D eigenvalue weighted by molar-refractivity contribution is -0.139. The van der Waals surface area contributed by atoms with Gasteiger partial charge in [0.05, 0.1) is 0 Å².